The van der Waals surface area contributed by atoms with Crippen molar-refractivity contribution in [3.8, 4) is 11.5 Å². The summed E-state index contributed by atoms with van der Waals surface area (Å²) in [5.41, 5.74) is 1.43. The summed E-state index contributed by atoms with van der Waals surface area (Å²) in [7, 11) is 0. The maximum absolute atomic E-state index is 12.9. The van der Waals surface area contributed by atoms with Crippen molar-refractivity contribution < 1.29 is 20.1 Å². The number of carbonyl (C=O) groups excluding carboxylic acids is 1. The summed E-state index contributed by atoms with van der Waals surface area (Å²) < 4.78 is 0.364. The van der Waals surface area contributed by atoms with Crippen LogP contribution in [0.3, 0.4) is 0 Å². The molecule has 0 radical (unpaired) electrons. The molecule has 28 heavy (non-hydrogen) atoms. The van der Waals surface area contributed by atoms with E-state index in [-0.39, 0.29) is 17.1 Å². The van der Waals surface area contributed by atoms with E-state index in [1.54, 1.807) is 60.7 Å². The maximum Gasteiger partial charge on any atom is 0.281 e. The number of hydrogen-bond acceptors (Lipinski definition) is 5. The average Bonchev–Trinajstić information content (AvgIpc) is 2.72. The lowest BCUT2D eigenvalue weighted by Gasteiger charge is -2.27. The minimum atomic E-state index is -1.95. The molecule has 0 saturated heterocycles. The second-order valence-corrected chi connectivity index (χ2v) is 6.86. The van der Waals surface area contributed by atoms with Gasteiger partial charge >= 0.3 is 0 Å². The van der Waals surface area contributed by atoms with Crippen LogP contribution in [-0.2, 0) is 10.4 Å². The third kappa shape index (κ3) is 3.90. The zero-order valence-corrected chi connectivity index (χ0v) is 16.2. The summed E-state index contributed by atoms with van der Waals surface area (Å²) >= 11 is 3.14. The summed E-state index contributed by atoms with van der Waals surface area (Å²) in [6.45, 7) is 0. The van der Waals surface area contributed by atoms with Gasteiger partial charge in [-0.15, -0.1) is 0 Å². The van der Waals surface area contributed by atoms with Gasteiger partial charge < -0.3 is 15.3 Å². The molecule has 4 N–H and O–H groups in total. The number of phenols is 2. The van der Waals surface area contributed by atoms with E-state index in [0.29, 0.717) is 15.6 Å². The SMILES string of the molecule is O=C(N/N=C/c1cc(Br)c(O)cc1O)C(O)(c1ccccc1)c1ccccc1. The van der Waals surface area contributed by atoms with Crippen LogP contribution in [0.5, 0.6) is 11.5 Å². The lowest BCUT2D eigenvalue weighted by atomic mass is 9.85. The summed E-state index contributed by atoms with van der Waals surface area (Å²) in [6, 6.07) is 19.7. The van der Waals surface area contributed by atoms with Gasteiger partial charge in [0.15, 0.2) is 5.60 Å². The number of nitrogens with zero attached hydrogens (tertiary/aromatic N) is 1. The van der Waals surface area contributed by atoms with E-state index in [1.807, 2.05) is 0 Å². The predicted molar refractivity (Wildman–Crippen MR) is 109 cm³/mol. The minimum absolute atomic E-state index is 0.124. The third-order valence-electron chi connectivity index (χ3n) is 4.18. The summed E-state index contributed by atoms with van der Waals surface area (Å²) in [5.74, 6) is -1.08. The highest BCUT2D eigenvalue weighted by Crippen LogP contribution is 2.31. The molecule has 0 spiro atoms. The van der Waals surface area contributed by atoms with Crippen LogP contribution in [0.1, 0.15) is 16.7 Å². The molecule has 0 aliphatic carbocycles. The summed E-state index contributed by atoms with van der Waals surface area (Å²) in [4.78, 5) is 12.9. The van der Waals surface area contributed by atoms with Crippen LogP contribution in [0, 0.1) is 0 Å². The molecule has 7 heteroatoms. The molecule has 0 saturated carbocycles. The molecule has 0 aromatic heterocycles. The largest absolute Gasteiger partial charge is 0.507 e. The van der Waals surface area contributed by atoms with Gasteiger partial charge in [-0.3, -0.25) is 4.79 Å². The number of phenolic OH excluding ortho intramolecular Hbond substituents is 2. The molecule has 0 bridgehead atoms. The zero-order chi connectivity index (χ0) is 20.1. The Hall–Kier alpha value is -3.16. The maximum atomic E-state index is 12.9. The molecule has 0 atom stereocenters. The molecule has 3 aromatic rings. The van der Waals surface area contributed by atoms with E-state index in [2.05, 4.69) is 26.5 Å². The Kier molecular flexibility index (Phi) is 5.77. The van der Waals surface area contributed by atoms with Crippen molar-refractivity contribution in [2.45, 2.75) is 5.60 Å². The predicted octanol–water partition coefficient (Wildman–Crippen LogP) is 3.25. The van der Waals surface area contributed by atoms with Crippen molar-refractivity contribution in [3.05, 3.63) is 94.0 Å². The number of carbonyl (C=O) groups is 1. The highest BCUT2D eigenvalue weighted by atomic mass is 79.9. The van der Waals surface area contributed by atoms with Gasteiger partial charge in [0, 0.05) is 11.6 Å². The van der Waals surface area contributed by atoms with Crippen molar-refractivity contribution in [1.82, 2.24) is 5.43 Å². The van der Waals surface area contributed by atoms with Crippen LogP contribution >= 0.6 is 15.9 Å². The normalized spacial score (nSPS) is 11.5. The number of halogens is 1. The van der Waals surface area contributed by atoms with Crippen molar-refractivity contribution in [3.63, 3.8) is 0 Å². The molecule has 3 rings (SSSR count). The number of hydrazone groups is 1. The monoisotopic (exact) mass is 440 g/mol. The van der Waals surface area contributed by atoms with E-state index in [4.69, 9.17) is 0 Å². The second kappa shape index (κ2) is 8.24. The zero-order valence-electron chi connectivity index (χ0n) is 14.6. The number of hydrogen-bond donors (Lipinski definition) is 4. The smallest absolute Gasteiger partial charge is 0.281 e. The molecule has 0 unspecified atom stereocenters. The first-order valence-electron chi connectivity index (χ1n) is 8.31. The van der Waals surface area contributed by atoms with Crippen molar-refractivity contribution >= 4 is 28.1 Å². The standard InChI is InChI=1S/C21H17BrN2O4/c22-17-11-14(18(25)12-19(17)26)13-23-24-20(27)21(28,15-7-3-1-4-8-15)16-9-5-2-6-10-16/h1-13,25-26,28H,(H,24,27)/b23-13+. The Morgan fingerprint density at radius 3 is 2.00 bits per heavy atom. The Morgan fingerprint density at radius 1 is 0.929 bits per heavy atom. The van der Waals surface area contributed by atoms with Gasteiger partial charge in [0.05, 0.1) is 10.7 Å². The number of aliphatic hydroxyl groups is 1. The van der Waals surface area contributed by atoms with Gasteiger partial charge in [0.1, 0.15) is 11.5 Å². The van der Waals surface area contributed by atoms with Gasteiger partial charge in [-0.2, -0.15) is 5.10 Å². The number of benzene rings is 3. The number of nitrogens with one attached hydrogen (secondary N) is 1. The summed E-state index contributed by atoms with van der Waals surface area (Å²) in [6.07, 6.45) is 1.22. The highest BCUT2D eigenvalue weighted by Gasteiger charge is 2.39. The molecule has 0 heterocycles. The van der Waals surface area contributed by atoms with Crippen molar-refractivity contribution in [1.29, 1.82) is 0 Å². The lowest BCUT2D eigenvalue weighted by molar-refractivity contribution is -0.136. The van der Waals surface area contributed by atoms with Crippen LogP contribution in [0.15, 0.2) is 82.4 Å². The van der Waals surface area contributed by atoms with E-state index >= 15 is 0 Å². The lowest BCUT2D eigenvalue weighted by Crippen LogP contribution is -2.43. The molecule has 1 amide bonds. The first-order valence-corrected chi connectivity index (χ1v) is 9.10. The Bertz CT molecular complexity index is 968. The molecule has 0 fully saturated rings. The molecular formula is C21H17BrN2O4. The Morgan fingerprint density at radius 2 is 1.46 bits per heavy atom. The van der Waals surface area contributed by atoms with Crippen molar-refractivity contribution in [2.75, 3.05) is 0 Å². The quantitative estimate of drug-likeness (QED) is 0.361. The molecule has 3 aromatic carbocycles. The van der Waals surface area contributed by atoms with Gasteiger partial charge in [-0.1, -0.05) is 60.7 Å². The fourth-order valence-electron chi connectivity index (χ4n) is 2.70. The van der Waals surface area contributed by atoms with Crippen molar-refractivity contribution in [2.24, 2.45) is 5.10 Å². The molecule has 6 nitrogen and oxygen atoms in total. The van der Waals surface area contributed by atoms with E-state index in [0.717, 1.165) is 6.07 Å². The van der Waals surface area contributed by atoms with Gasteiger partial charge in [0.2, 0.25) is 0 Å². The topological polar surface area (TPSA) is 102 Å². The fourth-order valence-corrected chi connectivity index (χ4v) is 3.06. The molecular weight excluding hydrogens is 424 g/mol. The number of rotatable bonds is 5. The third-order valence-corrected chi connectivity index (χ3v) is 4.81. The molecule has 142 valence electrons. The Labute approximate surface area is 169 Å². The molecule has 0 aliphatic heterocycles. The van der Waals surface area contributed by atoms with Gasteiger partial charge in [-0.05, 0) is 33.1 Å². The van der Waals surface area contributed by atoms with Crippen LogP contribution < -0.4 is 5.43 Å². The number of aromatic hydroxyl groups is 2. The first kappa shape index (κ1) is 19.6. The highest BCUT2D eigenvalue weighted by molar-refractivity contribution is 9.10. The van der Waals surface area contributed by atoms with Gasteiger partial charge in [-0.25, -0.2) is 5.43 Å². The van der Waals surface area contributed by atoms with Crippen LogP contribution in [0.25, 0.3) is 0 Å². The van der Waals surface area contributed by atoms with E-state index in [9.17, 15) is 20.1 Å². The second-order valence-electron chi connectivity index (χ2n) is 6.00. The van der Waals surface area contributed by atoms with Crippen LogP contribution in [0.4, 0.5) is 0 Å². The first-order chi connectivity index (χ1) is 13.4. The average molecular weight is 441 g/mol. The summed E-state index contributed by atoms with van der Waals surface area (Å²) in [5, 5.41) is 34.5. The van der Waals surface area contributed by atoms with Crippen LogP contribution in [0.2, 0.25) is 0 Å². The fraction of sp³-hybridized carbons (Fsp3) is 0.0476. The Balaban J connectivity index is 1.90. The van der Waals surface area contributed by atoms with Crippen LogP contribution in [-0.4, -0.2) is 27.4 Å². The minimum Gasteiger partial charge on any atom is -0.507 e. The number of amides is 1. The van der Waals surface area contributed by atoms with Gasteiger partial charge in [0.25, 0.3) is 5.91 Å². The van der Waals surface area contributed by atoms with E-state index in [1.165, 1.54) is 12.3 Å². The van der Waals surface area contributed by atoms with E-state index < -0.39 is 11.5 Å². The molecule has 0 aliphatic rings.